The standard InChI is InChI=1S/C16H23NSSi/c1-17(13-15-6-5-11-18-15)12-14-7-9-16(10-8-14)19(2,3)4/h5-11H,12-13H2,1-4H3. The van der Waals surface area contributed by atoms with E-state index in [2.05, 4.69) is 73.4 Å². The summed E-state index contributed by atoms with van der Waals surface area (Å²) in [6.07, 6.45) is 0. The zero-order chi connectivity index (χ0) is 13.9. The van der Waals surface area contributed by atoms with E-state index in [1.165, 1.54) is 15.6 Å². The van der Waals surface area contributed by atoms with Crippen molar-refractivity contribution in [1.29, 1.82) is 0 Å². The van der Waals surface area contributed by atoms with Gasteiger partial charge in [-0.1, -0.05) is 55.2 Å². The lowest BCUT2D eigenvalue weighted by Gasteiger charge is -2.19. The molecule has 0 unspecified atom stereocenters. The molecule has 0 aliphatic heterocycles. The smallest absolute Gasteiger partial charge is 0.0775 e. The number of benzene rings is 1. The third-order valence-corrected chi connectivity index (χ3v) is 6.20. The van der Waals surface area contributed by atoms with E-state index < -0.39 is 8.07 Å². The first-order valence-corrected chi connectivity index (χ1v) is 11.1. The van der Waals surface area contributed by atoms with E-state index in [4.69, 9.17) is 0 Å². The van der Waals surface area contributed by atoms with Crippen molar-refractivity contribution in [3.05, 3.63) is 52.2 Å². The highest BCUT2D eigenvalue weighted by atomic mass is 32.1. The van der Waals surface area contributed by atoms with E-state index in [-0.39, 0.29) is 0 Å². The van der Waals surface area contributed by atoms with Crippen molar-refractivity contribution in [2.45, 2.75) is 32.7 Å². The Morgan fingerprint density at radius 2 is 1.68 bits per heavy atom. The fraction of sp³-hybridized carbons (Fsp3) is 0.375. The molecule has 1 nitrogen and oxygen atoms in total. The fourth-order valence-corrected chi connectivity index (χ4v) is 4.10. The lowest BCUT2D eigenvalue weighted by molar-refractivity contribution is 0.322. The Bertz CT molecular complexity index is 497. The van der Waals surface area contributed by atoms with Crippen LogP contribution in [0.15, 0.2) is 41.8 Å². The van der Waals surface area contributed by atoms with Crippen molar-refractivity contribution in [1.82, 2.24) is 4.90 Å². The molecular formula is C16H23NSSi. The van der Waals surface area contributed by atoms with Gasteiger partial charge in [-0.2, -0.15) is 0 Å². The van der Waals surface area contributed by atoms with Gasteiger partial charge in [0.25, 0.3) is 0 Å². The molecule has 19 heavy (non-hydrogen) atoms. The van der Waals surface area contributed by atoms with Gasteiger partial charge in [-0.05, 0) is 24.1 Å². The summed E-state index contributed by atoms with van der Waals surface area (Å²) in [6, 6.07) is 13.5. The minimum atomic E-state index is -1.16. The van der Waals surface area contributed by atoms with Crippen molar-refractivity contribution in [2.24, 2.45) is 0 Å². The maximum atomic E-state index is 2.39. The molecule has 2 rings (SSSR count). The van der Waals surface area contributed by atoms with Gasteiger partial charge < -0.3 is 0 Å². The normalized spacial score (nSPS) is 12.1. The molecule has 0 atom stereocenters. The Morgan fingerprint density at radius 1 is 1.00 bits per heavy atom. The van der Waals surface area contributed by atoms with Gasteiger partial charge in [-0.25, -0.2) is 0 Å². The topological polar surface area (TPSA) is 3.24 Å². The van der Waals surface area contributed by atoms with Gasteiger partial charge in [0, 0.05) is 18.0 Å². The van der Waals surface area contributed by atoms with Gasteiger partial charge in [-0.3, -0.25) is 4.90 Å². The summed E-state index contributed by atoms with van der Waals surface area (Å²) in [4.78, 5) is 3.80. The van der Waals surface area contributed by atoms with Crippen LogP contribution in [-0.2, 0) is 13.1 Å². The summed E-state index contributed by atoms with van der Waals surface area (Å²) >= 11 is 1.83. The Kier molecular flexibility index (Phi) is 4.61. The van der Waals surface area contributed by atoms with Crippen LogP contribution in [0.2, 0.25) is 19.6 Å². The Hall–Kier alpha value is -0.903. The number of hydrogen-bond acceptors (Lipinski definition) is 2. The number of nitrogens with zero attached hydrogens (tertiary/aromatic N) is 1. The first-order valence-electron chi connectivity index (χ1n) is 6.75. The minimum Gasteiger partial charge on any atom is -0.297 e. The molecule has 0 aliphatic rings. The summed E-state index contributed by atoms with van der Waals surface area (Å²) < 4.78 is 0. The first kappa shape index (κ1) is 14.5. The highest BCUT2D eigenvalue weighted by Gasteiger charge is 2.15. The maximum Gasteiger partial charge on any atom is 0.0775 e. The Labute approximate surface area is 121 Å². The molecule has 1 aromatic carbocycles. The summed E-state index contributed by atoms with van der Waals surface area (Å²) in [5.74, 6) is 0. The predicted molar refractivity (Wildman–Crippen MR) is 88.9 cm³/mol. The molecule has 0 radical (unpaired) electrons. The van der Waals surface area contributed by atoms with Gasteiger partial charge >= 0.3 is 0 Å². The third kappa shape index (κ3) is 4.30. The lowest BCUT2D eigenvalue weighted by Crippen LogP contribution is -2.37. The van der Waals surface area contributed by atoms with Crippen LogP contribution in [0.1, 0.15) is 10.4 Å². The zero-order valence-electron chi connectivity index (χ0n) is 12.3. The van der Waals surface area contributed by atoms with Gasteiger partial charge in [-0.15, -0.1) is 11.3 Å². The van der Waals surface area contributed by atoms with E-state index in [0.29, 0.717) is 0 Å². The van der Waals surface area contributed by atoms with E-state index in [9.17, 15) is 0 Å². The summed E-state index contributed by atoms with van der Waals surface area (Å²) in [7, 11) is 1.03. The zero-order valence-corrected chi connectivity index (χ0v) is 14.1. The molecule has 1 aromatic heterocycles. The molecule has 0 saturated heterocycles. The number of rotatable bonds is 5. The summed E-state index contributed by atoms with van der Waals surface area (Å²) in [6.45, 7) is 9.23. The second-order valence-corrected chi connectivity index (χ2v) is 12.3. The molecule has 0 amide bonds. The molecule has 1 heterocycles. The molecule has 0 saturated carbocycles. The number of hydrogen-bond donors (Lipinski definition) is 0. The van der Waals surface area contributed by atoms with Crippen LogP contribution in [0, 0.1) is 0 Å². The SMILES string of the molecule is CN(Cc1ccc([Si](C)(C)C)cc1)Cc1cccs1. The molecule has 0 aliphatic carbocycles. The summed E-state index contributed by atoms with van der Waals surface area (Å²) in [5, 5.41) is 3.68. The largest absolute Gasteiger partial charge is 0.297 e. The van der Waals surface area contributed by atoms with E-state index in [0.717, 1.165) is 13.1 Å². The van der Waals surface area contributed by atoms with Crippen LogP contribution in [-0.4, -0.2) is 20.0 Å². The van der Waals surface area contributed by atoms with Crippen LogP contribution >= 0.6 is 11.3 Å². The van der Waals surface area contributed by atoms with Crippen LogP contribution in [0.5, 0.6) is 0 Å². The number of thiophene rings is 1. The Morgan fingerprint density at radius 3 is 2.21 bits per heavy atom. The second kappa shape index (κ2) is 6.03. The fourth-order valence-electron chi connectivity index (χ4n) is 2.15. The lowest BCUT2D eigenvalue weighted by atomic mass is 10.2. The van der Waals surface area contributed by atoms with Crippen LogP contribution < -0.4 is 5.19 Å². The first-order chi connectivity index (χ1) is 8.95. The quantitative estimate of drug-likeness (QED) is 0.754. The van der Waals surface area contributed by atoms with Crippen LogP contribution in [0.25, 0.3) is 0 Å². The van der Waals surface area contributed by atoms with Crippen molar-refractivity contribution < 1.29 is 0 Å². The van der Waals surface area contributed by atoms with Crippen molar-refractivity contribution in [3.8, 4) is 0 Å². The van der Waals surface area contributed by atoms with Gasteiger partial charge in [0.1, 0.15) is 0 Å². The highest BCUT2D eigenvalue weighted by molar-refractivity contribution is 7.09. The minimum absolute atomic E-state index is 1.02. The molecule has 0 N–H and O–H groups in total. The molecular weight excluding hydrogens is 266 g/mol. The van der Waals surface area contributed by atoms with Crippen molar-refractivity contribution >= 4 is 24.6 Å². The van der Waals surface area contributed by atoms with E-state index in [1.54, 1.807) is 0 Å². The molecule has 0 fully saturated rings. The maximum absolute atomic E-state index is 2.39. The second-order valence-electron chi connectivity index (χ2n) is 6.20. The monoisotopic (exact) mass is 289 g/mol. The molecule has 3 heteroatoms. The predicted octanol–water partition coefficient (Wildman–Crippen LogP) is 3.93. The van der Waals surface area contributed by atoms with Crippen molar-refractivity contribution in [2.75, 3.05) is 7.05 Å². The highest BCUT2D eigenvalue weighted by Crippen LogP contribution is 2.13. The third-order valence-electron chi connectivity index (χ3n) is 3.28. The van der Waals surface area contributed by atoms with Gasteiger partial charge in [0.15, 0.2) is 0 Å². The van der Waals surface area contributed by atoms with E-state index >= 15 is 0 Å². The van der Waals surface area contributed by atoms with E-state index in [1.807, 2.05) is 11.3 Å². The van der Waals surface area contributed by atoms with Crippen LogP contribution in [0.3, 0.4) is 0 Å². The van der Waals surface area contributed by atoms with Crippen molar-refractivity contribution in [3.63, 3.8) is 0 Å². The van der Waals surface area contributed by atoms with Gasteiger partial charge in [0.05, 0.1) is 8.07 Å². The van der Waals surface area contributed by atoms with Gasteiger partial charge in [0.2, 0.25) is 0 Å². The average molecular weight is 290 g/mol. The average Bonchev–Trinajstić information content (AvgIpc) is 2.81. The Balaban J connectivity index is 1.96. The van der Waals surface area contributed by atoms with Crippen LogP contribution in [0.4, 0.5) is 0 Å². The molecule has 0 spiro atoms. The summed E-state index contributed by atoms with van der Waals surface area (Å²) in [5.41, 5.74) is 1.40. The molecule has 2 aromatic rings. The molecule has 102 valence electrons. The molecule has 0 bridgehead atoms.